The van der Waals surface area contributed by atoms with Gasteiger partial charge in [0, 0.05) is 11.7 Å². The number of carbonyl (C=O) groups is 1. The van der Waals surface area contributed by atoms with Gasteiger partial charge < -0.3 is 9.64 Å². The van der Waals surface area contributed by atoms with E-state index in [4.69, 9.17) is 4.74 Å². The lowest BCUT2D eigenvalue weighted by Crippen LogP contribution is -2.45. The van der Waals surface area contributed by atoms with Crippen molar-refractivity contribution in [3.8, 4) is 5.75 Å². The standard InChI is InChI=1S/C24H23FN2O4S/c1-17-15-18-7-3-4-8-21(18)27(17)24(28)16-26(22-9-5-6-10-23(22)31-2)32(29,30)20-13-11-19(25)12-14-20/h3-14,17H,15-16H2,1-2H3/t17-/m1/s1. The van der Waals surface area contributed by atoms with Gasteiger partial charge in [0.1, 0.15) is 18.1 Å². The average Bonchev–Trinajstić information content (AvgIpc) is 3.13. The summed E-state index contributed by atoms with van der Waals surface area (Å²) in [4.78, 5) is 15.0. The molecule has 0 radical (unpaired) electrons. The predicted molar refractivity (Wildman–Crippen MR) is 121 cm³/mol. The molecule has 0 aromatic heterocycles. The number of hydrogen-bond acceptors (Lipinski definition) is 4. The summed E-state index contributed by atoms with van der Waals surface area (Å²) in [6.07, 6.45) is 0.696. The van der Waals surface area contributed by atoms with Crippen molar-refractivity contribution in [2.75, 3.05) is 22.9 Å². The topological polar surface area (TPSA) is 66.9 Å². The normalized spacial score (nSPS) is 15.3. The Labute approximate surface area is 186 Å². The van der Waals surface area contributed by atoms with Gasteiger partial charge in [-0.05, 0) is 61.4 Å². The molecule has 0 saturated carbocycles. The maximum atomic E-state index is 13.6. The van der Waals surface area contributed by atoms with Crippen LogP contribution in [0.4, 0.5) is 15.8 Å². The van der Waals surface area contributed by atoms with Crippen LogP contribution < -0.4 is 13.9 Å². The van der Waals surface area contributed by atoms with Crippen molar-refractivity contribution < 1.29 is 22.3 Å². The van der Waals surface area contributed by atoms with Gasteiger partial charge in [-0.1, -0.05) is 30.3 Å². The molecule has 0 N–H and O–H groups in total. The fourth-order valence-electron chi connectivity index (χ4n) is 4.01. The summed E-state index contributed by atoms with van der Waals surface area (Å²) in [5.74, 6) is -0.605. The first-order chi connectivity index (χ1) is 15.3. The van der Waals surface area contributed by atoms with Crippen LogP contribution >= 0.6 is 0 Å². The Bertz CT molecular complexity index is 1240. The van der Waals surface area contributed by atoms with Crippen LogP contribution in [0.2, 0.25) is 0 Å². The molecule has 0 bridgehead atoms. The Morgan fingerprint density at radius 3 is 2.44 bits per heavy atom. The van der Waals surface area contributed by atoms with Crippen LogP contribution in [0.3, 0.4) is 0 Å². The number of fused-ring (bicyclic) bond motifs is 1. The Kier molecular flexibility index (Phi) is 5.88. The summed E-state index contributed by atoms with van der Waals surface area (Å²) in [5.41, 5.74) is 2.05. The van der Waals surface area contributed by atoms with Gasteiger partial charge in [-0.2, -0.15) is 0 Å². The highest BCUT2D eigenvalue weighted by atomic mass is 32.2. The zero-order chi connectivity index (χ0) is 22.9. The third-order valence-corrected chi connectivity index (χ3v) is 7.28. The number of methoxy groups -OCH3 is 1. The highest BCUT2D eigenvalue weighted by Crippen LogP contribution is 2.35. The largest absolute Gasteiger partial charge is 0.495 e. The first-order valence-electron chi connectivity index (χ1n) is 10.1. The van der Waals surface area contributed by atoms with Crippen molar-refractivity contribution in [2.24, 2.45) is 0 Å². The van der Waals surface area contributed by atoms with Crippen LogP contribution in [-0.4, -0.2) is 34.0 Å². The number of benzene rings is 3. The summed E-state index contributed by atoms with van der Waals surface area (Å²) in [6, 6.07) is 18.6. The monoisotopic (exact) mass is 454 g/mol. The van der Waals surface area contributed by atoms with Crippen LogP contribution in [0, 0.1) is 5.82 Å². The van der Waals surface area contributed by atoms with E-state index in [1.54, 1.807) is 29.2 Å². The quantitative estimate of drug-likeness (QED) is 0.565. The van der Waals surface area contributed by atoms with E-state index in [0.717, 1.165) is 27.7 Å². The predicted octanol–water partition coefficient (Wildman–Crippen LogP) is 4.01. The summed E-state index contributed by atoms with van der Waals surface area (Å²) < 4.78 is 47.0. The maximum absolute atomic E-state index is 13.6. The van der Waals surface area contributed by atoms with E-state index in [9.17, 15) is 17.6 Å². The third-order valence-electron chi connectivity index (χ3n) is 5.51. The molecule has 0 spiro atoms. The zero-order valence-electron chi connectivity index (χ0n) is 17.7. The second kappa shape index (κ2) is 8.63. The van der Waals surface area contributed by atoms with Crippen molar-refractivity contribution >= 4 is 27.3 Å². The molecule has 32 heavy (non-hydrogen) atoms. The Balaban J connectivity index is 1.77. The van der Waals surface area contributed by atoms with E-state index in [0.29, 0.717) is 12.2 Å². The Hall–Kier alpha value is -3.39. The van der Waals surface area contributed by atoms with Crippen LogP contribution in [0.25, 0.3) is 0 Å². The molecule has 3 aromatic rings. The van der Waals surface area contributed by atoms with Gasteiger partial charge in [0.2, 0.25) is 5.91 Å². The molecule has 1 amide bonds. The number of sulfonamides is 1. The van der Waals surface area contributed by atoms with Gasteiger partial charge in [-0.25, -0.2) is 12.8 Å². The van der Waals surface area contributed by atoms with Crippen LogP contribution in [0.1, 0.15) is 12.5 Å². The number of ether oxygens (including phenoxy) is 1. The molecule has 8 heteroatoms. The fourth-order valence-corrected chi connectivity index (χ4v) is 5.44. The zero-order valence-corrected chi connectivity index (χ0v) is 18.5. The molecule has 6 nitrogen and oxygen atoms in total. The molecule has 1 aliphatic rings. The second-order valence-electron chi connectivity index (χ2n) is 7.58. The molecule has 1 aliphatic heterocycles. The van der Waals surface area contributed by atoms with E-state index in [1.165, 1.54) is 19.2 Å². The molecule has 4 rings (SSSR count). The van der Waals surface area contributed by atoms with E-state index in [1.807, 2.05) is 31.2 Å². The molecule has 0 fully saturated rings. The smallest absolute Gasteiger partial charge is 0.264 e. The summed E-state index contributed by atoms with van der Waals surface area (Å²) in [7, 11) is -2.75. The number of hydrogen-bond donors (Lipinski definition) is 0. The first-order valence-corrected chi connectivity index (χ1v) is 11.6. The second-order valence-corrected chi connectivity index (χ2v) is 9.45. The minimum atomic E-state index is -4.18. The molecule has 1 heterocycles. The summed E-state index contributed by atoms with van der Waals surface area (Å²) in [6.45, 7) is 1.50. The van der Waals surface area contributed by atoms with Crippen LogP contribution in [-0.2, 0) is 21.2 Å². The van der Waals surface area contributed by atoms with Gasteiger partial charge in [-0.15, -0.1) is 0 Å². The average molecular weight is 455 g/mol. The SMILES string of the molecule is COc1ccccc1N(CC(=O)N1c2ccccc2C[C@H]1C)S(=O)(=O)c1ccc(F)cc1. The van der Waals surface area contributed by atoms with Crippen molar-refractivity contribution in [1.29, 1.82) is 0 Å². The number of rotatable bonds is 6. The van der Waals surface area contributed by atoms with Crippen molar-refractivity contribution in [2.45, 2.75) is 24.3 Å². The molecule has 0 saturated heterocycles. The van der Waals surface area contributed by atoms with Crippen molar-refractivity contribution in [3.63, 3.8) is 0 Å². The van der Waals surface area contributed by atoms with Crippen molar-refractivity contribution in [1.82, 2.24) is 0 Å². The van der Waals surface area contributed by atoms with E-state index in [-0.39, 0.29) is 22.5 Å². The molecular weight excluding hydrogens is 431 g/mol. The van der Waals surface area contributed by atoms with Crippen LogP contribution in [0.15, 0.2) is 77.7 Å². The number of carbonyl (C=O) groups excluding carboxylic acids is 1. The van der Waals surface area contributed by atoms with Gasteiger partial charge >= 0.3 is 0 Å². The lowest BCUT2D eigenvalue weighted by atomic mass is 10.1. The van der Waals surface area contributed by atoms with Gasteiger partial charge in [0.05, 0.1) is 17.7 Å². The maximum Gasteiger partial charge on any atom is 0.264 e. The fraction of sp³-hybridized carbons (Fsp3) is 0.208. The first kappa shape index (κ1) is 21.8. The van der Waals surface area contributed by atoms with E-state index >= 15 is 0 Å². The number of nitrogens with zero attached hydrogens (tertiary/aromatic N) is 2. The number of amides is 1. The number of anilines is 2. The highest BCUT2D eigenvalue weighted by molar-refractivity contribution is 7.92. The highest BCUT2D eigenvalue weighted by Gasteiger charge is 2.35. The third kappa shape index (κ3) is 3.93. The molecule has 166 valence electrons. The molecule has 0 unspecified atom stereocenters. The van der Waals surface area contributed by atoms with E-state index < -0.39 is 22.4 Å². The summed E-state index contributed by atoms with van der Waals surface area (Å²) >= 11 is 0. The minimum Gasteiger partial charge on any atom is -0.495 e. The number of para-hydroxylation sites is 3. The molecule has 0 aliphatic carbocycles. The van der Waals surface area contributed by atoms with Crippen molar-refractivity contribution in [3.05, 3.63) is 84.2 Å². The summed E-state index contributed by atoms with van der Waals surface area (Å²) in [5, 5.41) is 0. The molecule has 3 aromatic carbocycles. The Morgan fingerprint density at radius 1 is 1.06 bits per heavy atom. The van der Waals surface area contributed by atoms with Gasteiger partial charge in [-0.3, -0.25) is 9.10 Å². The molecule has 1 atom stereocenters. The van der Waals surface area contributed by atoms with Gasteiger partial charge in [0.25, 0.3) is 10.0 Å². The molecular formula is C24H23FN2O4S. The number of halogens is 1. The van der Waals surface area contributed by atoms with Crippen LogP contribution in [0.5, 0.6) is 5.75 Å². The van der Waals surface area contributed by atoms with E-state index in [2.05, 4.69) is 0 Å². The minimum absolute atomic E-state index is 0.104. The Morgan fingerprint density at radius 2 is 1.72 bits per heavy atom. The lowest BCUT2D eigenvalue weighted by Gasteiger charge is -2.29. The van der Waals surface area contributed by atoms with Gasteiger partial charge in [0.15, 0.2) is 0 Å². The lowest BCUT2D eigenvalue weighted by molar-refractivity contribution is -0.117.